The summed E-state index contributed by atoms with van der Waals surface area (Å²) < 4.78 is 20.1. The first-order chi connectivity index (χ1) is 18.9. The van der Waals surface area contributed by atoms with Gasteiger partial charge >= 0.3 is 5.91 Å². The number of phenolic OH excluding ortho intramolecular Hbond substituents is 1. The van der Waals surface area contributed by atoms with Crippen LogP contribution in [0.3, 0.4) is 0 Å². The average molecular weight is 564 g/mol. The van der Waals surface area contributed by atoms with E-state index >= 15 is 0 Å². The Hall–Kier alpha value is -4.22. The van der Waals surface area contributed by atoms with Crippen molar-refractivity contribution >= 4 is 45.7 Å². The number of ketones is 1. The van der Waals surface area contributed by atoms with Gasteiger partial charge in [-0.2, -0.15) is 0 Å². The maximum absolute atomic E-state index is 14.1. The lowest BCUT2D eigenvalue weighted by Crippen LogP contribution is -2.29. The highest BCUT2D eigenvalue weighted by molar-refractivity contribution is 8.00. The fourth-order valence-electron chi connectivity index (χ4n) is 4.18. The third-order valence-corrected chi connectivity index (χ3v) is 8.11. The van der Waals surface area contributed by atoms with Gasteiger partial charge in [-0.05, 0) is 36.2 Å². The first kappa shape index (κ1) is 26.4. The zero-order chi connectivity index (χ0) is 27.5. The number of benzene rings is 3. The van der Waals surface area contributed by atoms with Crippen molar-refractivity contribution in [1.82, 2.24) is 10.2 Å². The average Bonchev–Trinajstić information content (AvgIpc) is 3.51. The summed E-state index contributed by atoms with van der Waals surface area (Å²) in [5, 5.41) is 29.9. The van der Waals surface area contributed by atoms with E-state index < -0.39 is 17.7 Å². The van der Waals surface area contributed by atoms with Gasteiger partial charge < -0.3 is 14.9 Å². The van der Waals surface area contributed by atoms with E-state index in [1.165, 1.54) is 34.9 Å². The number of aromatic nitrogens is 2. The molecule has 1 atom stereocenters. The molecule has 0 radical (unpaired) electrons. The van der Waals surface area contributed by atoms with E-state index in [0.29, 0.717) is 26.8 Å². The van der Waals surface area contributed by atoms with Crippen molar-refractivity contribution in [2.45, 2.75) is 23.1 Å². The number of nitrogens with zero attached hydrogens (tertiary/aromatic N) is 3. The molecule has 0 saturated carbocycles. The van der Waals surface area contributed by atoms with E-state index in [0.717, 1.165) is 11.3 Å². The predicted octanol–water partition coefficient (Wildman–Crippen LogP) is 5.70. The topological polar surface area (TPSA) is 113 Å². The van der Waals surface area contributed by atoms with Crippen LogP contribution in [-0.4, -0.2) is 38.7 Å². The number of aromatic hydroxyl groups is 1. The monoisotopic (exact) mass is 563 g/mol. The van der Waals surface area contributed by atoms with Crippen LogP contribution in [0.1, 0.15) is 29.7 Å². The Bertz CT molecular complexity index is 1570. The van der Waals surface area contributed by atoms with Gasteiger partial charge in [0, 0.05) is 11.3 Å². The van der Waals surface area contributed by atoms with E-state index in [1.54, 1.807) is 61.5 Å². The molecule has 1 saturated heterocycles. The zero-order valence-electron chi connectivity index (χ0n) is 20.6. The van der Waals surface area contributed by atoms with Gasteiger partial charge in [0.05, 0.1) is 18.2 Å². The molecule has 8 nitrogen and oxygen atoms in total. The van der Waals surface area contributed by atoms with Gasteiger partial charge in [-0.1, -0.05) is 77.7 Å². The molecule has 1 aliphatic rings. The van der Waals surface area contributed by atoms with Crippen LogP contribution >= 0.6 is 23.1 Å². The molecule has 39 heavy (non-hydrogen) atoms. The molecule has 1 fully saturated rings. The zero-order valence-corrected chi connectivity index (χ0v) is 22.2. The summed E-state index contributed by atoms with van der Waals surface area (Å²) in [6, 6.07) is 18.2. The van der Waals surface area contributed by atoms with Crippen LogP contribution in [0, 0.1) is 5.82 Å². The highest BCUT2D eigenvalue weighted by Gasteiger charge is 2.48. The standard InChI is InChI=1S/C28H22FN3O5S2/c1-2-37-21-14-17(12-13-20(21)33)23-22(24(34)16-8-4-3-5-9-16)25(35)26(36)32(23)27-30-31-28(39-27)38-15-18-10-6-7-11-19(18)29/h3-14,23,33-34H,2,15H2,1H3/b24-22-. The second kappa shape index (κ2) is 11.3. The minimum atomic E-state index is -1.07. The van der Waals surface area contributed by atoms with Crippen molar-refractivity contribution in [3.63, 3.8) is 0 Å². The lowest BCUT2D eigenvalue weighted by molar-refractivity contribution is -0.132. The number of hydrogen-bond donors (Lipinski definition) is 2. The summed E-state index contributed by atoms with van der Waals surface area (Å²) in [7, 11) is 0. The molecule has 1 unspecified atom stereocenters. The second-order valence-corrected chi connectivity index (χ2v) is 10.6. The summed E-state index contributed by atoms with van der Waals surface area (Å²) in [5.74, 6) is -2.09. The second-order valence-electron chi connectivity index (χ2n) is 8.43. The predicted molar refractivity (Wildman–Crippen MR) is 146 cm³/mol. The van der Waals surface area contributed by atoms with Crippen LogP contribution in [0.2, 0.25) is 0 Å². The number of halogens is 1. The smallest absolute Gasteiger partial charge is 0.301 e. The summed E-state index contributed by atoms with van der Waals surface area (Å²) in [5.41, 5.74) is 1.15. The van der Waals surface area contributed by atoms with Gasteiger partial charge in [0.25, 0.3) is 5.78 Å². The number of rotatable bonds is 8. The van der Waals surface area contributed by atoms with E-state index in [1.807, 2.05) is 0 Å². The van der Waals surface area contributed by atoms with Gasteiger partial charge in [-0.15, -0.1) is 10.2 Å². The number of phenols is 1. The first-order valence-corrected chi connectivity index (χ1v) is 13.7. The molecule has 0 aliphatic carbocycles. The van der Waals surface area contributed by atoms with Crippen LogP contribution in [-0.2, 0) is 15.3 Å². The van der Waals surface area contributed by atoms with Crippen molar-refractivity contribution in [3.05, 3.63) is 101 Å². The van der Waals surface area contributed by atoms with Crippen LogP contribution in [0.25, 0.3) is 5.76 Å². The molecule has 1 aromatic heterocycles. The molecule has 0 bridgehead atoms. The molecule has 3 aromatic carbocycles. The molecule has 198 valence electrons. The van der Waals surface area contributed by atoms with E-state index in [4.69, 9.17) is 4.74 Å². The number of aliphatic hydroxyl groups excluding tert-OH is 1. The quantitative estimate of drug-likeness (QED) is 0.0923. The van der Waals surface area contributed by atoms with Crippen molar-refractivity contribution < 1.29 is 28.9 Å². The van der Waals surface area contributed by atoms with Crippen LogP contribution in [0.4, 0.5) is 9.52 Å². The third kappa shape index (κ3) is 5.23. The summed E-state index contributed by atoms with van der Waals surface area (Å²) >= 11 is 2.32. The van der Waals surface area contributed by atoms with Gasteiger partial charge in [-0.3, -0.25) is 14.5 Å². The molecule has 4 aromatic rings. The maximum Gasteiger partial charge on any atom is 0.301 e. The lowest BCUT2D eigenvalue weighted by atomic mass is 9.95. The Morgan fingerprint density at radius 1 is 1.08 bits per heavy atom. The third-order valence-electron chi connectivity index (χ3n) is 6.00. The van der Waals surface area contributed by atoms with Crippen LogP contribution < -0.4 is 9.64 Å². The Morgan fingerprint density at radius 3 is 2.56 bits per heavy atom. The number of ether oxygens (including phenoxy) is 1. The SMILES string of the molecule is CCOc1cc(C2/C(=C(/O)c3ccccc3)C(=O)C(=O)N2c2nnc(SCc3ccccc3F)s2)ccc1O. The minimum absolute atomic E-state index is 0.108. The molecule has 2 heterocycles. The highest BCUT2D eigenvalue weighted by Crippen LogP contribution is 2.45. The number of hydrogen-bond acceptors (Lipinski definition) is 9. The number of aliphatic hydroxyl groups is 1. The minimum Gasteiger partial charge on any atom is -0.507 e. The Morgan fingerprint density at radius 2 is 1.82 bits per heavy atom. The Balaban J connectivity index is 1.57. The largest absolute Gasteiger partial charge is 0.507 e. The van der Waals surface area contributed by atoms with Crippen molar-refractivity contribution in [1.29, 1.82) is 0 Å². The van der Waals surface area contributed by atoms with Crippen LogP contribution in [0.5, 0.6) is 11.5 Å². The van der Waals surface area contributed by atoms with Crippen molar-refractivity contribution in [3.8, 4) is 11.5 Å². The summed E-state index contributed by atoms with van der Waals surface area (Å²) in [6.45, 7) is 2.04. The van der Waals surface area contributed by atoms with E-state index in [9.17, 15) is 24.2 Å². The van der Waals surface area contributed by atoms with Gasteiger partial charge in [0.1, 0.15) is 11.6 Å². The van der Waals surface area contributed by atoms with Gasteiger partial charge in [0.15, 0.2) is 15.8 Å². The van der Waals surface area contributed by atoms with E-state index in [2.05, 4.69) is 10.2 Å². The maximum atomic E-state index is 14.1. The van der Waals surface area contributed by atoms with Crippen molar-refractivity contribution in [2.24, 2.45) is 0 Å². The Kier molecular flexibility index (Phi) is 7.62. The number of anilines is 1. The molecule has 1 amide bonds. The molecule has 2 N–H and O–H groups in total. The lowest BCUT2D eigenvalue weighted by Gasteiger charge is -2.23. The normalized spacial score (nSPS) is 16.6. The summed E-state index contributed by atoms with van der Waals surface area (Å²) in [4.78, 5) is 27.9. The fourth-order valence-corrected chi connectivity index (χ4v) is 6.04. The number of carbonyl (C=O) groups is 2. The molecule has 1 aliphatic heterocycles. The van der Waals surface area contributed by atoms with Gasteiger partial charge in [-0.25, -0.2) is 4.39 Å². The Labute approximate surface area is 231 Å². The van der Waals surface area contributed by atoms with E-state index in [-0.39, 0.29) is 40.4 Å². The highest BCUT2D eigenvalue weighted by atomic mass is 32.2. The first-order valence-electron chi connectivity index (χ1n) is 11.9. The molecule has 5 rings (SSSR count). The molecule has 11 heteroatoms. The van der Waals surface area contributed by atoms with Crippen molar-refractivity contribution in [2.75, 3.05) is 11.5 Å². The molecular formula is C28H22FN3O5S2. The number of carbonyl (C=O) groups excluding carboxylic acids is 2. The number of Topliss-reactive ketones (excluding diaryl/α,β-unsaturated/α-hetero) is 1. The number of thioether (sulfide) groups is 1. The van der Waals surface area contributed by atoms with Crippen LogP contribution in [0.15, 0.2) is 82.7 Å². The summed E-state index contributed by atoms with van der Waals surface area (Å²) in [6.07, 6.45) is 0. The fraction of sp³-hybridized carbons (Fsp3) is 0.143. The van der Waals surface area contributed by atoms with Gasteiger partial charge in [0.2, 0.25) is 5.13 Å². The number of amides is 1. The molecule has 0 spiro atoms. The molecular weight excluding hydrogens is 541 g/mol.